The predicted octanol–water partition coefficient (Wildman–Crippen LogP) is 3.43. The Balaban J connectivity index is 2.03. The maximum Gasteiger partial charge on any atom is 0.349 e. The fourth-order valence-corrected chi connectivity index (χ4v) is 2.20. The second-order valence-corrected chi connectivity index (χ2v) is 5.34. The molecule has 0 saturated heterocycles. The van der Waals surface area contributed by atoms with Crippen LogP contribution in [0.25, 0.3) is 6.08 Å². The van der Waals surface area contributed by atoms with E-state index in [2.05, 4.69) is 0 Å². The van der Waals surface area contributed by atoms with Crippen molar-refractivity contribution in [2.75, 3.05) is 13.7 Å². The Morgan fingerprint density at radius 1 is 1.22 bits per heavy atom. The quantitative estimate of drug-likeness (QED) is 0.242. The summed E-state index contributed by atoms with van der Waals surface area (Å²) in [5.74, 6) is 0.225. The highest BCUT2D eigenvalue weighted by atomic mass is 16.6. The van der Waals surface area contributed by atoms with Gasteiger partial charge in [-0.3, -0.25) is 10.1 Å². The van der Waals surface area contributed by atoms with Crippen molar-refractivity contribution in [3.05, 3.63) is 63.7 Å². The number of nitro benzene ring substituents is 1. The van der Waals surface area contributed by atoms with E-state index in [1.807, 2.05) is 6.07 Å². The van der Waals surface area contributed by atoms with E-state index in [4.69, 9.17) is 19.5 Å². The van der Waals surface area contributed by atoms with Gasteiger partial charge in [-0.15, -0.1) is 0 Å². The Bertz CT molecular complexity index is 930. The summed E-state index contributed by atoms with van der Waals surface area (Å²) in [6.45, 7) is 1.27. The molecule has 0 amide bonds. The molecule has 0 heterocycles. The minimum absolute atomic E-state index is 0.0577. The van der Waals surface area contributed by atoms with Crippen LogP contribution in [0.15, 0.2) is 42.5 Å². The molecule has 2 rings (SSSR count). The first-order valence-corrected chi connectivity index (χ1v) is 7.77. The van der Waals surface area contributed by atoms with Gasteiger partial charge in [0.1, 0.15) is 5.75 Å². The van der Waals surface area contributed by atoms with Crippen molar-refractivity contribution in [1.82, 2.24) is 0 Å². The van der Waals surface area contributed by atoms with Gasteiger partial charge in [0.15, 0.2) is 18.1 Å². The van der Waals surface area contributed by atoms with Crippen LogP contribution in [0.1, 0.15) is 11.1 Å². The molecule has 0 spiro atoms. The molecule has 0 fully saturated rings. The van der Waals surface area contributed by atoms with Crippen molar-refractivity contribution < 1.29 is 23.9 Å². The SMILES string of the molecule is COc1cc(/C=C\C#N)ccc1OC(=O)COc1ccc([N+](=O)[O-])cc1C. The molecule has 27 heavy (non-hydrogen) atoms. The fourth-order valence-electron chi connectivity index (χ4n) is 2.20. The molecule has 0 saturated carbocycles. The van der Waals surface area contributed by atoms with Crippen LogP contribution in [0.5, 0.6) is 17.2 Å². The number of rotatable bonds is 7. The summed E-state index contributed by atoms with van der Waals surface area (Å²) in [5, 5.41) is 19.3. The monoisotopic (exact) mass is 368 g/mol. The number of carbonyl (C=O) groups is 1. The smallest absolute Gasteiger partial charge is 0.349 e. The highest BCUT2D eigenvalue weighted by molar-refractivity contribution is 5.75. The van der Waals surface area contributed by atoms with E-state index in [1.54, 1.807) is 31.2 Å². The van der Waals surface area contributed by atoms with Crippen LogP contribution in [0.3, 0.4) is 0 Å². The molecule has 0 aromatic heterocycles. The molecule has 138 valence electrons. The second-order valence-electron chi connectivity index (χ2n) is 5.34. The van der Waals surface area contributed by atoms with Crippen LogP contribution in [-0.2, 0) is 4.79 Å². The van der Waals surface area contributed by atoms with Gasteiger partial charge in [-0.05, 0) is 42.3 Å². The largest absolute Gasteiger partial charge is 0.493 e. The van der Waals surface area contributed by atoms with Gasteiger partial charge in [-0.1, -0.05) is 6.07 Å². The lowest BCUT2D eigenvalue weighted by atomic mass is 10.2. The third kappa shape index (κ3) is 5.31. The molecule has 0 radical (unpaired) electrons. The number of nitrogens with zero attached hydrogens (tertiary/aromatic N) is 2. The Hall–Kier alpha value is -3.86. The number of nitro groups is 1. The molecule has 8 nitrogen and oxygen atoms in total. The van der Waals surface area contributed by atoms with E-state index in [0.717, 1.165) is 0 Å². The number of aryl methyl sites for hydroxylation is 1. The zero-order chi connectivity index (χ0) is 19.8. The molecule has 0 unspecified atom stereocenters. The van der Waals surface area contributed by atoms with Crippen LogP contribution in [0, 0.1) is 28.4 Å². The number of esters is 1. The number of carbonyl (C=O) groups excluding carboxylic acids is 1. The summed E-state index contributed by atoms with van der Waals surface area (Å²) in [6, 6.07) is 10.8. The lowest BCUT2D eigenvalue weighted by molar-refractivity contribution is -0.384. The highest BCUT2D eigenvalue weighted by Gasteiger charge is 2.13. The van der Waals surface area contributed by atoms with Crippen LogP contribution in [0.4, 0.5) is 5.69 Å². The average molecular weight is 368 g/mol. The molecule has 0 aliphatic heterocycles. The van der Waals surface area contributed by atoms with Gasteiger partial charge in [0.05, 0.1) is 18.1 Å². The van der Waals surface area contributed by atoms with Crippen molar-refractivity contribution in [3.63, 3.8) is 0 Å². The number of methoxy groups -OCH3 is 1. The lowest BCUT2D eigenvalue weighted by Gasteiger charge is -2.11. The maximum atomic E-state index is 12.0. The zero-order valence-corrected chi connectivity index (χ0v) is 14.7. The van der Waals surface area contributed by atoms with Crippen LogP contribution < -0.4 is 14.2 Å². The van der Waals surface area contributed by atoms with Crippen LogP contribution in [-0.4, -0.2) is 24.6 Å². The number of benzene rings is 2. The Labute approximate surface area is 155 Å². The van der Waals surface area contributed by atoms with Gasteiger partial charge in [0.2, 0.25) is 0 Å². The van der Waals surface area contributed by atoms with Crippen molar-refractivity contribution in [2.45, 2.75) is 6.92 Å². The molecule has 0 bridgehead atoms. The van der Waals surface area contributed by atoms with Crippen molar-refractivity contribution in [3.8, 4) is 23.3 Å². The summed E-state index contributed by atoms with van der Waals surface area (Å²) >= 11 is 0. The third-order valence-corrected chi connectivity index (χ3v) is 3.48. The van der Waals surface area contributed by atoms with Gasteiger partial charge in [0.25, 0.3) is 5.69 Å². The summed E-state index contributed by atoms with van der Waals surface area (Å²) in [6.07, 6.45) is 2.91. The van der Waals surface area contributed by atoms with Gasteiger partial charge < -0.3 is 14.2 Å². The Morgan fingerprint density at radius 3 is 2.59 bits per heavy atom. The molecular formula is C19H16N2O6. The second kappa shape index (κ2) is 9.01. The molecule has 0 aliphatic rings. The number of hydrogen-bond donors (Lipinski definition) is 0. The number of hydrogen-bond acceptors (Lipinski definition) is 7. The zero-order valence-electron chi connectivity index (χ0n) is 14.7. The van der Waals surface area contributed by atoms with Gasteiger partial charge in [-0.2, -0.15) is 5.26 Å². The molecule has 8 heteroatoms. The van der Waals surface area contributed by atoms with E-state index in [-0.39, 0.29) is 18.0 Å². The topological polar surface area (TPSA) is 112 Å². The lowest BCUT2D eigenvalue weighted by Crippen LogP contribution is -2.18. The van der Waals surface area contributed by atoms with Gasteiger partial charge >= 0.3 is 5.97 Å². The summed E-state index contributed by atoms with van der Waals surface area (Å²) < 4.78 is 15.8. The van der Waals surface area contributed by atoms with E-state index >= 15 is 0 Å². The van der Waals surface area contributed by atoms with Crippen molar-refractivity contribution >= 4 is 17.7 Å². The van der Waals surface area contributed by atoms with Crippen LogP contribution in [0.2, 0.25) is 0 Å². The third-order valence-electron chi connectivity index (χ3n) is 3.48. The Morgan fingerprint density at radius 2 is 1.96 bits per heavy atom. The highest BCUT2D eigenvalue weighted by Crippen LogP contribution is 2.29. The van der Waals surface area contributed by atoms with E-state index < -0.39 is 10.9 Å². The molecule has 0 atom stereocenters. The predicted molar refractivity (Wildman–Crippen MR) is 96.6 cm³/mol. The number of nitriles is 1. The summed E-state index contributed by atoms with van der Waals surface area (Å²) in [5.41, 5.74) is 1.19. The minimum atomic E-state index is -0.661. The number of ether oxygens (including phenoxy) is 3. The first kappa shape index (κ1) is 19.5. The van der Waals surface area contributed by atoms with Crippen molar-refractivity contribution in [1.29, 1.82) is 5.26 Å². The first-order valence-electron chi connectivity index (χ1n) is 7.77. The van der Waals surface area contributed by atoms with E-state index in [1.165, 1.54) is 31.4 Å². The minimum Gasteiger partial charge on any atom is -0.493 e. The molecule has 0 N–H and O–H groups in total. The molecule has 2 aromatic rings. The first-order chi connectivity index (χ1) is 12.9. The van der Waals surface area contributed by atoms with Crippen LogP contribution >= 0.6 is 0 Å². The van der Waals surface area contributed by atoms with Gasteiger partial charge in [0, 0.05) is 18.2 Å². The normalized spacial score (nSPS) is 10.3. The summed E-state index contributed by atoms with van der Waals surface area (Å²) in [4.78, 5) is 22.3. The van der Waals surface area contributed by atoms with Crippen molar-refractivity contribution in [2.24, 2.45) is 0 Å². The maximum absolute atomic E-state index is 12.0. The average Bonchev–Trinajstić information content (AvgIpc) is 2.66. The molecule has 2 aromatic carbocycles. The van der Waals surface area contributed by atoms with E-state index in [9.17, 15) is 14.9 Å². The van der Waals surface area contributed by atoms with Gasteiger partial charge in [-0.25, -0.2) is 4.79 Å². The number of non-ortho nitro benzene ring substituents is 1. The standard InChI is InChI=1S/C19H16N2O6/c1-13-10-15(21(23)24)6-8-16(13)26-12-19(22)27-17-7-5-14(4-3-9-20)11-18(17)25-2/h3-8,10-11H,12H2,1-2H3/b4-3-. The fraction of sp³-hybridized carbons (Fsp3) is 0.158. The molecule has 0 aliphatic carbocycles. The number of allylic oxidation sites excluding steroid dienone is 1. The van der Waals surface area contributed by atoms with E-state index in [0.29, 0.717) is 22.6 Å². The molecular weight excluding hydrogens is 352 g/mol. The Kier molecular flexibility index (Phi) is 6.49. The summed E-state index contributed by atoms with van der Waals surface area (Å²) in [7, 11) is 1.43.